The molecule has 1 aliphatic carbocycles. The Bertz CT molecular complexity index is 1930. The van der Waals surface area contributed by atoms with Gasteiger partial charge in [-0.1, -0.05) is 12.2 Å². The van der Waals surface area contributed by atoms with E-state index in [1.807, 2.05) is 4.57 Å². The lowest BCUT2D eigenvalue weighted by Gasteiger charge is -2.15. The number of aromatic amines is 1. The first-order valence-corrected chi connectivity index (χ1v) is 11.3. The summed E-state index contributed by atoms with van der Waals surface area (Å²) >= 11 is 0. The summed E-state index contributed by atoms with van der Waals surface area (Å²) in [6.07, 6.45) is 5.76. The monoisotopic (exact) mass is 481 g/mol. The van der Waals surface area contributed by atoms with Gasteiger partial charge in [0.15, 0.2) is 0 Å². The zero-order chi connectivity index (χ0) is 24.9. The van der Waals surface area contributed by atoms with Crippen LogP contribution in [0, 0.1) is 20.2 Å². The molecule has 0 bridgehead atoms. The lowest BCUT2D eigenvalue weighted by Crippen LogP contribution is -2.20. The summed E-state index contributed by atoms with van der Waals surface area (Å²) in [5.74, 6) is -1.21. The van der Waals surface area contributed by atoms with Crippen molar-refractivity contribution >= 4 is 66.8 Å². The van der Waals surface area contributed by atoms with Gasteiger partial charge in [0, 0.05) is 51.3 Å². The number of carbonyl (C=O) groups is 2. The number of hydrogen-bond acceptors (Lipinski definition) is 6. The second kappa shape index (κ2) is 6.75. The van der Waals surface area contributed by atoms with Crippen LogP contribution in [0.3, 0.4) is 0 Å². The predicted molar refractivity (Wildman–Crippen MR) is 131 cm³/mol. The Kier molecular flexibility index (Phi) is 3.81. The van der Waals surface area contributed by atoms with E-state index in [-0.39, 0.29) is 28.5 Å². The Labute approximate surface area is 200 Å². The second-order valence-electron chi connectivity index (χ2n) is 9.02. The number of nitro groups is 2. The number of fused-ring (bicyclic) bond motifs is 10. The predicted octanol–water partition coefficient (Wildman–Crippen LogP) is 5.02. The molecule has 7 rings (SSSR count). The number of non-ortho nitro benzene ring substituents is 2. The highest BCUT2D eigenvalue weighted by atomic mass is 16.6. The number of amides is 2. The number of carbonyl (C=O) groups excluding carboxylic acids is 2. The molecule has 11 nitrogen and oxygen atoms in total. The highest BCUT2D eigenvalue weighted by Crippen LogP contribution is 2.46. The standard InChI is InChI=1S/C25H15N5O6/c31-24-20-18-14-9-12(29(33)34)5-7-16(14)26-22(18)23-19(21(20)25(32)27-24)15-10-13(30(35)36)6-8-17(15)28(23)11-3-1-2-4-11/h1,3,5-11,26H,2,4H2,(H,27,31,32). The third-order valence-electron chi connectivity index (χ3n) is 7.18. The second-order valence-corrected chi connectivity index (χ2v) is 9.02. The molecule has 11 heteroatoms. The maximum Gasteiger partial charge on any atom is 0.270 e. The molecule has 0 saturated carbocycles. The van der Waals surface area contributed by atoms with Crippen molar-refractivity contribution < 1.29 is 19.4 Å². The molecule has 2 aliphatic rings. The van der Waals surface area contributed by atoms with Gasteiger partial charge in [0.1, 0.15) is 0 Å². The van der Waals surface area contributed by atoms with Gasteiger partial charge >= 0.3 is 0 Å². The van der Waals surface area contributed by atoms with E-state index in [0.717, 1.165) is 12.8 Å². The quantitative estimate of drug-likeness (QED) is 0.160. The average molecular weight is 481 g/mol. The molecular weight excluding hydrogens is 466 g/mol. The summed E-state index contributed by atoms with van der Waals surface area (Å²) in [7, 11) is 0. The van der Waals surface area contributed by atoms with E-state index in [0.29, 0.717) is 43.6 Å². The fourth-order valence-corrected chi connectivity index (χ4v) is 5.75. The van der Waals surface area contributed by atoms with E-state index in [1.165, 1.54) is 24.3 Å². The fourth-order valence-electron chi connectivity index (χ4n) is 5.75. The largest absolute Gasteiger partial charge is 0.353 e. The molecule has 1 atom stereocenters. The van der Waals surface area contributed by atoms with Gasteiger partial charge in [-0.15, -0.1) is 0 Å². The molecule has 1 aliphatic heterocycles. The molecular formula is C25H15N5O6. The Hall–Kier alpha value is -5.06. The van der Waals surface area contributed by atoms with E-state index >= 15 is 0 Å². The number of H-pyrrole nitrogens is 1. The molecule has 2 amide bonds. The van der Waals surface area contributed by atoms with E-state index in [1.54, 1.807) is 12.1 Å². The maximum atomic E-state index is 13.2. The molecule has 176 valence electrons. The van der Waals surface area contributed by atoms with E-state index in [2.05, 4.69) is 22.5 Å². The minimum atomic E-state index is -0.610. The molecule has 2 N–H and O–H groups in total. The van der Waals surface area contributed by atoms with Crippen LogP contribution in [0.5, 0.6) is 0 Å². The molecule has 5 aromatic rings. The van der Waals surface area contributed by atoms with Crippen molar-refractivity contribution in [2.24, 2.45) is 0 Å². The Morgan fingerprint density at radius 3 is 2.22 bits per heavy atom. The van der Waals surface area contributed by atoms with E-state index in [9.17, 15) is 29.8 Å². The number of aromatic nitrogens is 2. The number of allylic oxidation sites excluding steroid dienone is 2. The Morgan fingerprint density at radius 1 is 0.889 bits per heavy atom. The van der Waals surface area contributed by atoms with E-state index < -0.39 is 21.7 Å². The van der Waals surface area contributed by atoms with Crippen LogP contribution in [0.25, 0.3) is 43.6 Å². The summed E-state index contributed by atoms with van der Waals surface area (Å²) in [4.78, 5) is 51.6. The van der Waals surface area contributed by atoms with Gasteiger partial charge in [-0.3, -0.25) is 35.1 Å². The van der Waals surface area contributed by atoms with Crippen molar-refractivity contribution in [1.29, 1.82) is 0 Å². The lowest BCUT2D eigenvalue weighted by atomic mass is 9.96. The first-order chi connectivity index (χ1) is 17.3. The Morgan fingerprint density at radius 2 is 1.56 bits per heavy atom. The van der Waals surface area contributed by atoms with Crippen molar-refractivity contribution in [3.8, 4) is 0 Å². The molecule has 0 radical (unpaired) electrons. The van der Waals surface area contributed by atoms with Crippen molar-refractivity contribution in [1.82, 2.24) is 14.9 Å². The molecule has 0 fully saturated rings. The van der Waals surface area contributed by atoms with Gasteiger partial charge in [0.2, 0.25) is 0 Å². The van der Waals surface area contributed by atoms with Gasteiger partial charge in [0.25, 0.3) is 23.2 Å². The molecule has 0 spiro atoms. The number of nitrogens with zero attached hydrogens (tertiary/aromatic N) is 3. The van der Waals surface area contributed by atoms with Crippen LogP contribution in [0.15, 0.2) is 48.6 Å². The van der Waals surface area contributed by atoms with Gasteiger partial charge in [-0.2, -0.15) is 0 Å². The normalized spacial score (nSPS) is 17.1. The summed E-state index contributed by atoms with van der Waals surface area (Å²) in [5.41, 5.74) is 2.40. The molecule has 1 unspecified atom stereocenters. The van der Waals surface area contributed by atoms with Crippen LogP contribution in [-0.4, -0.2) is 31.2 Å². The summed E-state index contributed by atoms with van der Waals surface area (Å²) < 4.78 is 2.04. The minimum absolute atomic E-state index is 0.0754. The van der Waals surface area contributed by atoms with E-state index in [4.69, 9.17) is 0 Å². The van der Waals surface area contributed by atoms with Crippen LogP contribution < -0.4 is 5.32 Å². The van der Waals surface area contributed by atoms with Crippen LogP contribution >= 0.6 is 0 Å². The highest BCUT2D eigenvalue weighted by Gasteiger charge is 2.37. The summed E-state index contributed by atoms with van der Waals surface area (Å²) in [6, 6.07) is 8.79. The summed E-state index contributed by atoms with van der Waals surface area (Å²) in [6.45, 7) is 0. The van der Waals surface area contributed by atoms with Crippen molar-refractivity contribution in [3.05, 3.63) is 79.9 Å². The average Bonchev–Trinajstić information content (AvgIpc) is 3.61. The van der Waals surface area contributed by atoms with Gasteiger partial charge in [0.05, 0.1) is 43.6 Å². The zero-order valence-corrected chi connectivity index (χ0v) is 18.4. The third-order valence-corrected chi connectivity index (χ3v) is 7.18. The fraction of sp³-hybridized carbons (Fsp3) is 0.120. The zero-order valence-electron chi connectivity index (χ0n) is 18.4. The van der Waals surface area contributed by atoms with Crippen molar-refractivity contribution in [2.45, 2.75) is 18.9 Å². The van der Waals surface area contributed by atoms with Crippen LogP contribution in [0.1, 0.15) is 39.6 Å². The number of nitro benzene ring substituents is 2. The number of benzene rings is 3. The molecule has 2 aromatic heterocycles. The number of hydrogen-bond donors (Lipinski definition) is 2. The number of imide groups is 1. The third kappa shape index (κ3) is 2.45. The van der Waals surface area contributed by atoms with Crippen molar-refractivity contribution in [3.63, 3.8) is 0 Å². The van der Waals surface area contributed by atoms with Crippen LogP contribution in [0.4, 0.5) is 11.4 Å². The molecule has 3 aromatic carbocycles. The van der Waals surface area contributed by atoms with Gasteiger partial charge in [-0.25, -0.2) is 0 Å². The number of nitrogens with one attached hydrogen (secondary N) is 2. The van der Waals surface area contributed by atoms with Gasteiger partial charge < -0.3 is 9.55 Å². The Balaban J connectivity index is 1.79. The first kappa shape index (κ1) is 20.3. The maximum absolute atomic E-state index is 13.2. The molecule has 36 heavy (non-hydrogen) atoms. The minimum Gasteiger partial charge on any atom is -0.353 e. The van der Waals surface area contributed by atoms with Crippen LogP contribution in [0.2, 0.25) is 0 Å². The smallest absolute Gasteiger partial charge is 0.270 e. The lowest BCUT2D eigenvalue weighted by molar-refractivity contribution is -0.384. The molecule has 3 heterocycles. The van der Waals surface area contributed by atoms with Crippen molar-refractivity contribution in [2.75, 3.05) is 0 Å². The first-order valence-electron chi connectivity index (χ1n) is 11.3. The number of rotatable bonds is 3. The van der Waals surface area contributed by atoms with Gasteiger partial charge in [-0.05, 0) is 25.0 Å². The SMILES string of the molecule is O=C1NC(=O)c2c1c1c3cc([N+](=O)[O-])ccc3[nH]c1c1c2c2cc([N+](=O)[O-])ccc2n1C1C=CCC1. The highest BCUT2D eigenvalue weighted by molar-refractivity contribution is 6.39. The van der Waals surface area contributed by atoms with Crippen LogP contribution in [-0.2, 0) is 0 Å². The summed E-state index contributed by atoms with van der Waals surface area (Å²) in [5, 5.41) is 27.3. The molecule has 0 saturated heterocycles. The topological polar surface area (TPSA) is 153 Å².